The van der Waals surface area contributed by atoms with Gasteiger partial charge in [0.2, 0.25) is 0 Å². The highest BCUT2D eigenvalue weighted by molar-refractivity contribution is 5.87. The summed E-state index contributed by atoms with van der Waals surface area (Å²) in [5.41, 5.74) is 0.208. The van der Waals surface area contributed by atoms with Crippen LogP contribution in [0.15, 0.2) is 16.7 Å². The van der Waals surface area contributed by atoms with Crippen molar-refractivity contribution in [3.63, 3.8) is 0 Å². The average Bonchev–Trinajstić information content (AvgIpc) is 2.78. The zero-order chi connectivity index (χ0) is 13.1. The van der Waals surface area contributed by atoms with Gasteiger partial charge in [-0.15, -0.1) is 0 Å². The largest absolute Gasteiger partial charge is 0.478 e. The van der Waals surface area contributed by atoms with Gasteiger partial charge in [0.25, 0.3) is 0 Å². The number of rotatable bonds is 4. The smallest absolute Gasteiger partial charge is 0.338 e. The molecule has 18 heavy (non-hydrogen) atoms. The van der Waals surface area contributed by atoms with Gasteiger partial charge in [0, 0.05) is 12.6 Å². The molecular formula is C13H19NO4. The van der Waals surface area contributed by atoms with Crippen LogP contribution in [0, 0.1) is 0 Å². The summed E-state index contributed by atoms with van der Waals surface area (Å²) in [6.45, 7) is 6.39. The predicted molar refractivity (Wildman–Crippen MR) is 65.6 cm³/mol. The van der Waals surface area contributed by atoms with Crippen LogP contribution in [0.1, 0.15) is 36.4 Å². The van der Waals surface area contributed by atoms with Crippen LogP contribution in [-0.2, 0) is 11.3 Å². The van der Waals surface area contributed by atoms with Gasteiger partial charge in [-0.1, -0.05) is 6.92 Å². The van der Waals surface area contributed by atoms with E-state index in [1.165, 1.54) is 6.26 Å². The third kappa shape index (κ3) is 2.91. The second kappa shape index (κ2) is 5.54. The molecule has 100 valence electrons. The van der Waals surface area contributed by atoms with Crippen molar-refractivity contribution in [2.75, 3.05) is 13.2 Å². The van der Waals surface area contributed by atoms with Crippen LogP contribution in [0.4, 0.5) is 0 Å². The summed E-state index contributed by atoms with van der Waals surface area (Å²) in [5.74, 6) is -0.257. The van der Waals surface area contributed by atoms with Crippen molar-refractivity contribution in [2.24, 2.45) is 0 Å². The van der Waals surface area contributed by atoms with Gasteiger partial charge in [-0.3, -0.25) is 4.90 Å². The normalized spacial score (nSPS) is 25.2. The lowest BCUT2D eigenvalue weighted by Gasteiger charge is -2.37. The standard InChI is InChI=1S/C13H19NO4/c1-3-11-8-17-9(2)5-14(11)6-12-4-10(7-18-12)13(15)16/h4,7,9,11H,3,5-6,8H2,1-2H3,(H,15,16). The number of ether oxygens (including phenoxy) is 1. The number of carboxylic acid groups (broad SMARTS) is 1. The van der Waals surface area contributed by atoms with E-state index in [0.29, 0.717) is 18.3 Å². The molecule has 1 aromatic heterocycles. The second-order valence-corrected chi connectivity index (χ2v) is 4.74. The quantitative estimate of drug-likeness (QED) is 0.889. The summed E-state index contributed by atoms with van der Waals surface area (Å²) in [7, 11) is 0. The van der Waals surface area contributed by atoms with E-state index in [-0.39, 0.29) is 11.7 Å². The van der Waals surface area contributed by atoms with Crippen molar-refractivity contribution in [3.8, 4) is 0 Å². The summed E-state index contributed by atoms with van der Waals surface area (Å²) >= 11 is 0. The van der Waals surface area contributed by atoms with E-state index >= 15 is 0 Å². The Balaban J connectivity index is 2.03. The monoisotopic (exact) mass is 253 g/mol. The molecule has 2 unspecified atom stereocenters. The predicted octanol–water partition coefficient (Wildman–Crippen LogP) is 1.98. The molecule has 2 rings (SSSR count). The molecule has 0 aliphatic carbocycles. The highest BCUT2D eigenvalue weighted by Crippen LogP contribution is 2.19. The van der Waals surface area contributed by atoms with Crippen molar-refractivity contribution in [3.05, 3.63) is 23.7 Å². The zero-order valence-electron chi connectivity index (χ0n) is 10.8. The Morgan fingerprint density at radius 2 is 2.39 bits per heavy atom. The van der Waals surface area contributed by atoms with Gasteiger partial charge in [-0.25, -0.2) is 4.79 Å². The summed E-state index contributed by atoms with van der Waals surface area (Å²) < 4.78 is 10.9. The molecule has 5 heteroatoms. The van der Waals surface area contributed by atoms with Gasteiger partial charge in [0.1, 0.15) is 12.0 Å². The highest BCUT2D eigenvalue weighted by atomic mass is 16.5. The number of morpholine rings is 1. The Morgan fingerprint density at radius 3 is 3.00 bits per heavy atom. The molecular weight excluding hydrogens is 234 g/mol. The maximum atomic E-state index is 10.8. The van der Waals surface area contributed by atoms with Gasteiger partial charge in [-0.2, -0.15) is 0 Å². The molecule has 0 aromatic carbocycles. The van der Waals surface area contributed by atoms with Gasteiger partial charge < -0.3 is 14.3 Å². The van der Waals surface area contributed by atoms with E-state index in [1.807, 2.05) is 6.92 Å². The summed E-state index contributed by atoms with van der Waals surface area (Å²) in [6, 6.07) is 1.97. The van der Waals surface area contributed by atoms with Crippen molar-refractivity contribution < 1.29 is 19.1 Å². The van der Waals surface area contributed by atoms with Crippen molar-refractivity contribution in [1.29, 1.82) is 0 Å². The van der Waals surface area contributed by atoms with Crippen molar-refractivity contribution in [2.45, 2.75) is 39.0 Å². The summed E-state index contributed by atoms with van der Waals surface area (Å²) in [4.78, 5) is 13.1. The second-order valence-electron chi connectivity index (χ2n) is 4.74. The van der Waals surface area contributed by atoms with Gasteiger partial charge >= 0.3 is 5.97 Å². The molecule has 0 bridgehead atoms. The fraction of sp³-hybridized carbons (Fsp3) is 0.615. The molecule has 5 nitrogen and oxygen atoms in total. The van der Waals surface area contributed by atoms with Crippen LogP contribution in [0.25, 0.3) is 0 Å². The first-order chi connectivity index (χ1) is 8.60. The molecule has 0 spiro atoms. The third-order valence-corrected chi connectivity index (χ3v) is 3.31. The van der Waals surface area contributed by atoms with Crippen LogP contribution in [0.2, 0.25) is 0 Å². The number of aromatic carboxylic acids is 1. The van der Waals surface area contributed by atoms with E-state index in [9.17, 15) is 4.79 Å². The Bertz CT molecular complexity index is 415. The number of hydrogen-bond donors (Lipinski definition) is 1. The van der Waals surface area contributed by atoms with E-state index in [2.05, 4.69) is 11.8 Å². The minimum atomic E-state index is -0.951. The number of furan rings is 1. The fourth-order valence-corrected chi connectivity index (χ4v) is 2.26. The molecule has 1 saturated heterocycles. The molecule has 0 saturated carbocycles. The number of carboxylic acids is 1. The topological polar surface area (TPSA) is 62.9 Å². The lowest BCUT2D eigenvalue weighted by molar-refractivity contribution is -0.0610. The summed E-state index contributed by atoms with van der Waals surface area (Å²) in [5, 5.41) is 8.85. The number of carbonyl (C=O) groups is 1. The minimum Gasteiger partial charge on any atom is -0.478 e. The zero-order valence-corrected chi connectivity index (χ0v) is 10.8. The van der Waals surface area contributed by atoms with Crippen molar-refractivity contribution in [1.82, 2.24) is 4.90 Å². The lowest BCUT2D eigenvalue weighted by Crippen LogP contribution is -2.47. The van der Waals surface area contributed by atoms with Crippen molar-refractivity contribution >= 4 is 5.97 Å². The Hall–Kier alpha value is -1.33. The van der Waals surface area contributed by atoms with E-state index < -0.39 is 5.97 Å². The van der Waals surface area contributed by atoms with E-state index in [1.54, 1.807) is 6.07 Å². The third-order valence-electron chi connectivity index (χ3n) is 3.31. The Labute approximate surface area is 106 Å². The molecule has 2 atom stereocenters. The first-order valence-electron chi connectivity index (χ1n) is 6.26. The van der Waals surface area contributed by atoms with Crippen LogP contribution in [0.3, 0.4) is 0 Å². The molecule has 0 amide bonds. The molecule has 1 fully saturated rings. The van der Waals surface area contributed by atoms with Gasteiger partial charge in [0.15, 0.2) is 0 Å². The SMILES string of the molecule is CCC1COC(C)CN1Cc1cc(C(=O)O)co1. The van der Waals surface area contributed by atoms with E-state index in [4.69, 9.17) is 14.3 Å². The fourth-order valence-electron chi connectivity index (χ4n) is 2.26. The Morgan fingerprint density at radius 1 is 1.61 bits per heavy atom. The lowest BCUT2D eigenvalue weighted by atomic mass is 10.1. The first-order valence-corrected chi connectivity index (χ1v) is 6.26. The number of nitrogens with zero attached hydrogens (tertiary/aromatic N) is 1. The summed E-state index contributed by atoms with van der Waals surface area (Å²) in [6.07, 6.45) is 2.52. The van der Waals surface area contributed by atoms with Crippen LogP contribution >= 0.6 is 0 Å². The molecule has 1 N–H and O–H groups in total. The van der Waals surface area contributed by atoms with Gasteiger partial charge in [-0.05, 0) is 19.4 Å². The van der Waals surface area contributed by atoms with Gasteiger partial charge in [0.05, 0.1) is 24.8 Å². The molecule has 1 aromatic rings. The molecule has 0 radical (unpaired) electrons. The van der Waals surface area contributed by atoms with E-state index in [0.717, 1.165) is 19.6 Å². The first kappa shape index (κ1) is 13.1. The van der Waals surface area contributed by atoms with Crippen LogP contribution in [-0.4, -0.2) is 41.3 Å². The van der Waals surface area contributed by atoms with Crippen LogP contribution in [0.5, 0.6) is 0 Å². The molecule has 1 aliphatic rings. The maximum Gasteiger partial charge on any atom is 0.338 e. The molecule has 1 aliphatic heterocycles. The average molecular weight is 253 g/mol. The minimum absolute atomic E-state index is 0.208. The Kier molecular flexibility index (Phi) is 4.04. The van der Waals surface area contributed by atoms with Crippen LogP contribution < -0.4 is 0 Å². The maximum absolute atomic E-state index is 10.8. The number of hydrogen-bond acceptors (Lipinski definition) is 4. The highest BCUT2D eigenvalue weighted by Gasteiger charge is 2.26. The molecule has 2 heterocycles.